The molecule has 1 rings (SSSR count). The summed E-state index contributed by atoms with van der Waals surface area (Å²) in [6, 6.07) is -0.257. The number of likely N-dealkylation sites (N-methyl/N-ethyl adjacent to an activating group) is 1. The fourth-order valence-corrected chi connectivity index (χ4v) is 1.72. The standard InChI is InChI=1S/C9H16F2N2O/c1-2-12-7-4-3-5-13(9(7)14)6-8(10)11/h7-8,12H,2-6H2,1H3. The highest BCUT2D eigenvalue weighted by Crippen LogP contribution is 2.13. The van der Waals surface area contributed by atoms with Gasteiger partial charge < -0.3 is 10.2 Å². The number of likely N-dealkylation sites (tertiary alicyclic amines) is 1. The number of hydrogen-bond acceptors (Lipinski definition) is 2. The van der Waals surface area contributed by atoms with Crippen LogP contribution in [-0.4, -0.2) is 42.9 Å². The summed E-state index contributed by atoms with van der Waals surface area (Å²) in [5.41, 5.74) is 0. The van der Waals surface area contributed by atoms with E-state index in [0.717, 1.165) is 12.8 Å². The molecule has 0 aromatic carbocycles. The molecule has 0 bridgehead atoms. The lowest BCUT2D eigenvalue weighted by molar-refractivity contribution is -0.138. The van der Waals surface area contributed by atoms with Gasteiger partial charge in [-0.2, -0.15) is 0 Å². The van der Waals surface area contributed by atoms with Gasteiger partial charge in [0.1, 0.15) is 0 Å². The van der Waals surface area contributed by atoms with E-state index in [9.17, 15) is 13.6 Å². The average Bonchev–Trinajstić information content (AvgIpc) is 2.11. The molecule has 1 atom stereocenters. The Morgan fingerprint density at radius 2 is 2.36 bits per heavy atom. The largest absolute Gasteiger partial charge is 0.336 e. The van der Waals surface area contributed by atoms with E-state index in [4.69, 9.17) is 0 Å². The van der Waals surface area contributed by atoms with Crippen LogP contribution in [0, 0.1) is 0 Å². The van der Waals surface area contributed by atoms with Gasteiger partial charge in [0.15, 0.2) is 0 Å². The monoisotopic (exact) mass is 206 g/mol. The molecular formula is C9H16F2N2O. The van der Waals surface area contributed by atoms with Gasteiger partial charge in [0, 0.05) is 6.54 Å². The van der Waals surface area contributed by atoms with Crippen molar-refractivity contribution in [3.8, 4) is 0 Å². The zero-order valence-corrected chi connectivity index (χ0v) is 8.30. The molecule has 0 spiro atoms. The zero-order chi connectivity index (χ0) is 10.6. The molecule has 0 aromatic rings. The first-order valence-electron chi connectivity index (χ1n) is 4.95. The molecule has 0 radical (unpaired) electrons. The molecular weight excluding hydrogens is 190 g/mol. The fraction of sp³-hybridized carbons (Fsp3) is 0.889. The zero-order valence-electron chi connectivity index (χ0n) is 8.30. The van der Waals surface area contributed by atoms with Gasteiger partial charge in [-0.3, -0.25) is 4.79 Å². The van der Waals surface area contributed by atoms with Crippen molar-refractivity contribution in [2.45, 2.75) is 32.2 Å². The van der Waals surface area contributed by atoms with Crippen LogP contribution >= 0.6 is 0 Å². The third-order valence-corrected chi connectivity index (χ3v) is 2.34. The van der Waals surface area contributed by atoms with Crippen molar-refractivity contribution >= 4 is 5.91 Å². The Morgan fingerprint density at radius 1 is 1.64 bits per heavy atom. The lowest BCUT2D eigenvalue weighted by atomic mass is 10.0. The maximum absolute atomic E-state index is 12.1. The molecule has 1 N–H and O–H groups in total. The second kappa shape index (κ2) is 5.24. The van der Waals surface area contributed by atoms with Gasteiger partial charge in [0.25, 0.3) is 6.43 Å². The number of alkyl halides is 2. The quantitative estimate of drug-likeness (QED) is 0.739. The van der Waals surface area contributed by atoms with Crippen LogP contribution in [0.25, 0.3) is 0 Å². The Hall–Kier alpha value is -0.710. The molecule has 5 heteroatoms. The van der Waals surface area contributed by atoms with Crippen molar-refractivity contribution in [1.29, 1.82) is 0 Å². The SMILES string of the molecule is CCNC1CCCN(CC(F)F)C1=O. The Kier molecular flexibility index (Phi) is 4.25. The molecule has 1 unspecified atom stereocenters. The predicted molar refractivity (Wildman–Crippen MR) is 49.3 cm³/mol. The predicted octanol–water partition coefficient (Wildman–Crippen LogP) is 0.852. The number of nitrogens with one attached hydrogen (secondary N) is 1. The van der Waals surface area contributed by atoms with Gasteiger partial charge in [-0.25, -0.2) is 8.78 Å². The summed E-state index contributed by atoms with van der Waals surface area (Å²) < 4.78 is 24.2. The number of piperidine rings is 1. The summed E-state index contributed by atoms with van der Waals surface area (Å²) in [6.45, 7) is 2.63. The van der Waals surface area contributed by atoms with Gasteiger partial charge in [-0.15, -0.1) is 0 Å². The number of halogens is 2. The van der Waals surface area contributed by atoms with E-state index in [-0.39, 0.29) is 11.9 Å². The topological polar surface area (TPSA) is 32.3 Å². The Bertz CT molecular complexity index is 197. The van der Waals surface area contributed by atoms with Crippen LogP contribution in [0.3, 0.4) is 0 Å². The summed E-state index contributed by atoms with van der Waals surface area (Å²) in [5, 5.41) is 3.00. The van der Waals surface area contributed by atoms with Gasteiger partial charge in [-0.1, -0.05) is 6.92 Å². The van der Waals surface area contributed by atoms with Gasteiger partial charge >= 0.3 is 0 Å². The normalized spacial score (nSPS) is 23.3. The molecule has 1 aliphatic rings. The molecule has 0 aromatic heterocycles. The van der Waals surface area contributed by atoms with Crippen LogP contribution in [0.2, 0.25) is 0 Å². The van der Waals surface area contributed by atoms with E-state index in [2.05, 4.69) is 5.32 Å². The second-order valence-corrected chi connectivity index (χ2v) is 3.43. The smallest absolute Gasteiger partial charge is 0.255 e. The minimum absolute atomic E-state index is 0.182. The number of rotatable bonds is 4. The molecule has 1 heterocycles. The first-order chi connectivity index (χ1) is 6.65. The summed E-state index contributed by atoms with van der Waals surface area (Å²) in [6.07, 6.45) is -0.873. The Morgan fingerprint density at radius 3 is 2.93 bits per heavy atom. The first kappa shape index (κ1) is 11.4. The van der Waals surface area contributed by atoms with Gasteiger partial charge in [0.2, 0.25) is 5.91 Å². The van der Waals surface area contributed by atoms with Gasteiger partial charge in [-0.05, 0) is 19.4 Å². The summed E-state index contributed by atoms with van der Waals surface area (Å²) in [7, 11) is 0. The van der Waals surface area contributed by atoms with E-state index in [0.29, 0.717) is 13.1 Å². The maximum atomic E-state index is 12.1. The molecule has 3 nitrogen and oxygen atoms in total. The third kappa shape index (κ3) is 2.90. The number of amides is 1. The highest BCUT2D eigenvalue weighted by Gasteiger charge is 2.29. The van der Waals surface area contributed by atoms with E-state index in [1.807, 2.05) is 6.92 Å². The number of nitrogens with zero attached hydrogens (tertiary/aromatic N) is 1. The van der Waals surface area contributed by atoms with Crippen LogP contribution in [-0.2, 0) is 4.79 Å². The van der Waals surface area contributed by atoms with E-state index >= 15 is 0 Å². The van der Waals surface area contributed by atoms with Crippen molar-refractivity contribution in [2.75, 3.05) is 19.6 Å². The minimum Gasteiger partial charge on any atom is -0.336 e. The van der Waals surface area contributed by atoms with Crippen molar-refractivity contribution in [3.63, 3.8) is 0 Å². The average molecular weight is 206 g/mol. The molecule has 1 saturated heterocycles. The van der Waals surface area contributed by atoms with Crippen LogP contribution in [0.15, 0.2) is 0 Å². The molecule has 1 amide bonds. The Balaban J connectivity index is 2.48. The summed E-state index contributed by atoms with van der Waals surface area (Å²) in [4.78, 5) is 12.8. The third-order valence-electron chi connectivity index (χ3n) is 2.34. The molecule has 1 aliphatic heterocycles. The highest BCUT2D eigenvalue weighted by molar-refractivity contribution is 5.82. The number of carbonyl (C=O) groups excluding carboxylic acids is 1. The minimum atomic E-state index is -2.43. The van der Waals surface area contributed by atoms with Crippen LogP contribution in [0.4, 0.5) is 8.78 Å². The van der Waals surface area contributed by atoms with Crippen LogP contribution in [0.5, 0.6) is 0 Å². The summed E-state index contributed by atoms with van der Waals surface area (Å²) >= 11 is 0. The van der Waals surface area contributed by atoms with Crippen molar-refractivity contribution in [2.24, 2.45) is 0 Å². The molecule has 1 fully saturated rings. The lowest BCUT2D eigenvalue weighted by Crippen LogP contribution is -2.51. The van der Waals surface area contributed by atoms with Crippen molar-refractivity contribution in [1.82, 2.24) is 10.2 Å². The highest BCUT2D eigenvalue weighted by atomic mass is 19.3. The first-order valence-corrected chi connectivity index (χ1v) is 4.95. The van der Waals surface area contributed by atoms with E-state index in [1.54, 1.807) is 0 Å². The summed E-state index contributed by atoms with van der Waals surface area (Å²) in [5.74, 6) is -0.182. The lowest BCUT2D eigenvalue weighted by Gasteiger charge is -2.32. The molecule has 14 heavy (non-hydrogen) atoms. The maximum Gasteiger partial charge on any atom is 0.255 e. The van der Waals surface area contributed by atoms with E-state index in [1.165, 1.54) is 4.90 Å². The number of hydrogen-bond donors (Lipinski definition) is 1. The van der Waals surface area contributed by atoms with Gasteiger partial charge in [0.05, 0.1) is 12.6 Å². The van der Waals surface area contributed by atoms with Crippen LogP contribution < -0.4 is 5.32 Å². The van der Waals surface area contributed by atoms with E-state index < -0.39 is 13.0 Å². The Labute approximate surface area is 82.5 Å². The van der Waals surface area contributed by atoms with Crippen molar-refractivity contribution in [3.05, 3.63) is 0 Å². The number of carbonyl (C=O) groups is 1. The second-order valence-electron chi connectivity index (χ2n) is 3.43. The molecule has 0 aliphatic carbocycles. The molecule has 82 valence electrons. The fourth-order valence-electron chi connectivity index (χ4n) is 1.72. The van der Waals surface area contributed by atoms with Crippen molar-refractivity contribution < 1.29 is 13.6 Å². The van der Waals surface area contributed by atoms with Crippen LogP contribution in [0.1, 0.15) is 19.8 Å². The molecule has 0 saturated carbocycles.